The van der Waals surface area contributed by atoms with Crippen molar-refractivity contribution in [1.29, 1.82) is 0 Å². The number of pyridine rings is 1. The molecule has 186 valence electrons. The molecular weight excluding hydrogens is 458 g/mol. The van der Waals surface area contributed by atoms with Crippen LogP contribution in [0.25, 0.3) is 11.4 Å². The Hall–Kier alpha value is -3.82. The van der Waals surface area contributed by atoms with Crippen LogP contribution in [0.3, 0.4) is 0 Å². The van der Waals surface area contributed by atoms with Gasteiger partial charge >= 0.3 is 0 Å². The molecule has 0 saturated carbocycles. The normalized spacial score (nSPS) is 20.2. The molecule has 0 unspecified atom stereocenters. The van der Waals surface area contributed by atoms with Crippen LogP contribution in [-0.4, -0.2) is 80.8 Å². The van der Waals surface area contributed by atoms with Crippen LogP contribution >= 0.6 is 0 Å². The number of Topliss-reactive ketones (excluding diaryl/α,β-unsaturated/α-hetero) is 1. The van der Waals surface area contributed by atoms with Crippen molar-refractivity contribution in [3.8, 4) is 5.69 Å². The second-order valence-corrected chi connectivity index (χ2v) is 8.97. The first-order valence-electron chi connectivity index (χ1n) is 12.1. The zero-order valence-electron chi connectivity index (χ0n) is 20.2. The molecule has 0 bridgehead atoms. The molecule has 5 rings (SSSR count). The van der Waals surface area contributed by atoms with Crippen molar-refractivity contribution in [3.05, 3.63) is 83.4 Å². The summed E-state index contributed by atoms with van der Waals surface area (Å²) in [6, 6.07) is 12.4. The van der Waals surface area contributed by atoms with E-state index in [0.29, 0.717) is 37.4 Å². The Balaban J connectivity index is 1.49. The van der Waals surface area contributed by atoms with E-state index < -0.39 is 17.7 Å². The van der Waals surface area contributed by atoms with Crippen LogP contribution in [0.1, 0.15) is 29.3 Å². The van der Waals surface area contributed by atoms with E-state index in [2.05, 4.69) is 15.0 Å². The van der Waals surface area contributed by atoms with Crippen LogP contribution in [0.15, 0.2) is 66.6 Å². The summed E-state index contributed by atoms with van der Waals surface area (Å²) in [5.41, 5.74) is 2.73. The number of aromatic nitrogens is 3. The predicted molar refractivity (Wildman–Crippen MR) is 133 cm³/mol. The summed E-state index contributed by atoms with van der Waals surface area (Å²) in [5.74, 6) is -1.51. The number of likely N-dealkylation sites (tertiary alicyclic amines) is 1. The van der Waals surface area contributed by atoms with Gasteiger partial charge in [0, 0.05) is 38.6 Å². The van der Waals surface area contributed by atoms with Crippen LogP contribution < -0.4 is 0 Å². The van der Waals surface area contributed by atoms with E-state index in [0.717, 1.165) is 30.9 Å². The summed E-state index contributed by atoms with van der Waals surface area (Å²) in [6.07, 6.45) is 5.50. The van der Waals surface area contributed by atoms with E-state index in [1.165, 1.54) is 6.20 Å². The average Bonchev–Trinajstić information content (AvgIpc) is 3.42. The lowest BCUT2D eigenvalue weighted by atomic mass is 9.96. The van der Waals surface area contributed by atoms with Gasteiger partial charge in [-0.25, -0.2) is 4.68 Å². The highest BCUT2D eigenvalue weighted by Crippen LogP contribution is 2.39. The summed E-state index contributed by atoms with van der Waals surface area (Å²) in [6.45, 7) is 6.16. The fraction of sp³-hybridized carbons (Fsp3) is 0.333. The Morgan fingerprint density at radius 1 is 1.06 bits per heavy atom. The fourth-order valence-corrected chi connectivity index (χ4v) is 4.91. The number of ether oxygens (including phenoxy) is 1. The molecule has 1 atom stereocenters. The van der Waals surface area contributed by atoms with E-state index in [9.17, 15) is 14.7 Å². The minimum Gasteiger partial charge on any atom is -0.507 e. The van der Waals surface area contributed by atoms with Crippen LogP contribution in [0.2, 0.25) is 0 Å². The first kappa shape index (κ1) is 23.9. The maximum Gasteiger partial charge on any atom is 0.295 e. The van der Waals surface area contributed by atoms with Gasteiger partial charge in [-0.3, -0.25) is 19.5 Å². The van der Waals surface area contributed by atoms with Gasteiger partial charge < -0.3 is 14.7 Å². The number of para-hydroxylation sites is 1. The van der Waals surface area contributed by atoms with E-state index in [1.807, 2.05) is 37.3 Å². The molecule has 36 heavy (non-hydrogen) atoms. The monoisotopic (exact) mass is 487 g/mol. The molecule has 1 N–H and O–H groups in total. The van der Waals surface area contributed by atoms with Crippen LogP contribution in [0.5, 0.6) is 0 Å². The van der Waals surface area contributed by atoms with Gasteiger partial charge in [0.25, 0.3) is 11.7 Å². The molecule has 3 aromatic rings. The molecule has 2 saturated heterocycles. The molecule has 0 radical (unpaired) electrons. The van der Waals surface area contributed by atoms with Gasteiger partial charge in [0.05, 0.1) is 48.0 Å². The number of aliphatic hydroxyl groups is 1. The summed E-state index contributed by atoms with van der Waals surface area (Å²) < 4.78 is 7.11. The Bertz CT molecular complexity index is 1270. The summed E-state index contributed by atoms with van der Waals surface area (Å²) in [7, 11) is 0. The number of carbonyl (C=O) groups is 2. The van der Waals surface area contributed by atoms with Gasteiger partial charge in [0.2, 0.25) is 0 Å². The Kier molecular flexibility index (Phi) is 6.92. The number of rotatable bonds is 7. The Labute approximate surface area is 209 Å². The number of carbonyl (C=O) groups excluding carboxylic acids is 2. The topological polar surface area (TPSA) is 101 Å². The fourth-order valence-electron chi connectivity index (χ4n) is 4.91. The van der Waals surface area contributed by atoms with E-state index in [4.69, 9.17) is 4.74 Å². The largest absolute Gasteiger partial charge is 0.507 e. The molecule has 1 amide bonds. The predicted octanol–water partition coefficient (Wildman–Crippen LogP) is 2.72. The Morgan fingerprint density at radius 3 is 2.50 bits per heavy atom. The van der Waals surface area contributed by atoms with Gasteiger partial charge in [-0.15, -0.1) is 0 Å². The lowest BCUT2D eigenvalue weighted by molar-refractivity contribution is -0.140. The molecular formula is C27H29N5O4. The number of morpholine rings is 1. The van der Waals surface area contributed by atoms with Gasteiger partial charge in [-0.05, 0) is 43.2 Å². The molecule has 9 nitrogen and oxygen atoms in total. The number of hydrogen-bond donors (Lipinski definition) is 1. The first-order valence-corrected chi connectivity index (χ1v) is 12.1. The maximum absolute atomic E-state index is 13.3. The van der Waals surface area contributed by atoms with Crippen molar-refractivity contribution >= 4 is 17.4 Å². The average molecular weight is 488 g/mol. The van der Waals surface area contributed by atoms with Crippen LogP contribution in [-0.2, 0) is 14.3 Å². The SMILES string of the molecule is Cc1c(/C(O)=C2\C(=O)C(=O)N(CCCN3CCOCC3)[C@H]2c2ccncc2)cnn1-c1ccccc1. The van der Waals surface area contributed by atoms with Crippen molar-refractivity contribution in [2.75, 3.05) is 39.4 Å². The number of ketones is 1. The van der Waals surface area contributed by atoms with E-state index >= 15 is 0 Å². The van der Waals surface area contributed by atoms with E-state index in [-0.39, 0.29) is 11.3 Å². The standard InChI is InChI=1S/C27H29N5O4/c1-19-22(18-29-32(19)21-6-3-2-4-7-21)25(33)23-24(20-8-10-28-11-9-20)31(27(35)26(23)34)13-5-12-30-14-16-36-17-15-30/h2-4,6-11,18,24,33H,5,12-17H2,1H3/b25-23+/t24-/m0/s1. The third kappa shape index (κ3) is 4.55. The summed E-state index contributed by atoms with van der Waals surface area (Å²) >= 11 is 0. The summed E-state index contributed by atoms with van der Waals surface area (Å²) in [5, 5.41) is 15.8. The second-order valence-electron chi connectivity index (χ2n) is 8.97. The molecule has 9 heteroatoms. The van der Waals surface area contributed by atoms with E-state index in [1.54, 1.807) is 34.1 Å². The minimum absolute atomic E-state index is 0.0771. The number of benzene rings is 1. The highest BCUT2D eigenvalue weighted by atomic mass is 16.5. The van der Waals surface area contributed by atoms with Crippen LogP contribution in [0.4, 0.5) is 0 Å². The summed E-state index contributed by atoms with van der Waals surface area (Å²) in [4.78, 5) is 34.4. The van der Waals surface area contributed by atoms with Crippen molar-refractivity contribution < 1.29 is 19.4 Å². The zero-order chi connectivity index (χ0) is 25.1. The number of amides is 1. The number of aliphatic hydroxyl groups excluding tert-OH is 1. The highest BCUT2D eigenvalue weighted by Gasteiger charge is 2.46. The first-order chi connectivity index (χ1) is 17.6. The molecule has 4 heterocycles. The lowest BCUT2D eigenvalue weighted by Crippen LogP contribution is -2.38. The molecule has 1 aromatic carbocycles. The second kappa shape index (κ2) is 10.4. The lowest BCUT2D eigenvalue weighted by Gasteiger charge is -2.29. The molecule has 2 aromatic heterocycles. The van der Waals surface area contributed by atoms with Gasteiger partial charge in [-0.2, -0.15) is 5.10 Å². The van der Waals surface area contributed by atoms with Gasteiger partial charge in [0.15, 0.2) is 0 Å². The smallest absolute Gasteiger partial charge is 0.295 e. The molecule has 0 aliphatic carbocycles. The van der Waals surface area contributed by atoms with Gasteiger partial charge in [0.1, 0.15) is 5.76 Å². The molecule has 2 fully saturated rings. The Morgan fingerprint density at radius 2 is 1.78 bits per heavy atom. The molecule has 2 aliphatic rings. The van der Waals surface area contributed by atoms with Crippen molar-refractivity contribution in [1.82, 2.24) is 24.6 Å². The molecule has 2 aliphatic heterocycles. The van der Waals surface area contributed by atoms with Gasteiger partial charge in [-0.1, -0.05) is 18.2 Å². The maximum atomic E-state index is 13.3. The third-order valence-electron chi connectivity index (χ3n) is 6.80. The highest BCUT2D eigenvalue weighted by molar-refractivity contribution is 6.46. The third-order valence-corrected chi connectivity index (χ3v) is 6.80. The molecule has 0 spiro atoms. The minimum atomic E-state index is -0.697. The number of nitrogens with zero attached hydrogens (tertiary/aromatic N) is 5. The van der Waals surface area contributed by atoms with Crippen molar-refractivity contribution in [2.24, 2.45) is 0 Å². The van der Waals surface area contributed by atoms with Crippen molar-refractivity contribution in [3.63, 3.8) is 0 Å². The zero-order valence-corrected chi connectivity index (χ0v) is 20.2. The van der Waals surface area contributed by atoms with Crippen molar-refractivity contribution in [2.45, 2.75) is 19.4 Å². The quantitative estimate of drug-likeness (QED) is 0.311. The number of hydrogen-bond acceptors (Lipinski definition) is 7. The van der Waals surface area contributed by atoms with Crippen LogP contribution in [0, 0.1) is 6.92 Å².